The van der Waals surface area contributed by atoms with E-state index in [9.17, 15) is 19.2 Å². The molecular formula is C15H17BFNO4. The van der Waals surface area contributed by atoms with E-state index in [2.05, 4.69) is 0 Å². The Balaban J connectivity index is 2.52. The van der Waals surface area contributed by atoms with Crippen molar-refractivity contribution in [2.24, 2.45) is 0 Å². The smallest absolute Gasteiger partial charge is 0.465 e. The highest BCUT2D eigenvalue weighted by molar-refractivity contribution is 6.61. The molecule has 2 N–H and O–H groups in total. The van der Waals surface area contributed by atoms with Crippen molar-refractivity contribution in [3.8, 4) is 0 Å². The number of esters is 1. The summed E-state index contributed by atoms with van der Waals surface area (Å²) in [6.45, 7) is 3.78. The molecule has 2 rings (SSSR count). The highest BCUT2D eigenvalue weighted by Crippen LogP contribution is 2.17. The summed E-state index contributed by atoms with van der Waals surface area (Å²) >= 11 is 0. The Morgan fingerprint density at radius 3 is 2.32 bits per heavy atom. The van der Waals surface area contributed by atoms with Gasteiger partial charge in [0.2, 0.25) is 0 Å². The molecule has 0 amide bonds. The summed E-state index contributed by atoms with van der Waals surface area (Å²) in [6.07, 6.45) is 0. The zero-order valence-electron chi connectivity index (χ0n) is 12.6. The maximum atomic E-state index is 13.0. The Labute approximate surface area is 128 Å². The molecular weight excluding hydrogens is 288 g/mol. The van der Waals surface area contributed by atoms with Gasteiger partial charge in [-0.2, -0.15) is 0 Å². The first-order valence-corrected chi connectivity index (χ1v) is 6.75. The molecule has 22 heavy (non-hydrogen) atoms. The van der Waals surface area contributed by atoms with Crippen molar-refractivity contribution in [3.63, 3.8) is 0 Å². The van der Waals surface area contributed by atoms with Gasteiger partial charge in [-0.25, -0.2) is 9.18 Å². The average Bonchev–Trinajstić information content (AvgIpc) is 2.73. The topological polar surface area (TPSA) is 71.7 Å². The normalized spacial score (nSPS) is 10.6. The molecule has 0 atom stereocenters. The number of ether oxygens (including phenoxy) is 1. The number of hydrogen-bond donors (Lipinski definition) is 2. The lowest BCUT2D eigenvalue weighted by Crippen LogP contribution is -2.35. The molecule has 5 nitrogen and oxygen atoms in total. The summed E-state index contributed by atoms with van der Waals surface area (Å²) in [4.78, 5) is 11.9. The molecule has 0 aliphatic rings. The van der Waals surface area contributed by atoms with Crippen molar-refractivity contribution in [1.29, 1.82) is 0 Å². The van der Waals surface area contributed by atoms with Crippen molar-refractivity contribution >= 4 is 18.6 Å². The van der Waals surface area contributed by atoms with Crippen molar-refractivity contribution < 1.29 is 24.0 Å². The van der Waals surface area contributed by atoms with Crippen LogP contribution in [0.4, 0.5) is 4.39 Å². The molecule has 2 aromatic rings. The molecule has 1 aromatic heterocycles. The highest BCUT2D eigenvalue weighted by atomic mass is 19.1. The van der Waals surface area contributed by atoms with Gasteiger partial charge in [0.25, 0.3) is 0 Å². The number of benzene rings is 1. The number of carbonyl (C=O) groups excluding carboxylic acids is 1. The lowest BCUT2D eigenvalue weighted by molar-refractivity contribution is 0.0600. The van der Waals surface area contributed by atoms with E-state index in [-0.39, 0.29) is 16.8 Å². The molecule has 0 aliphatic carbocycles. The van der Waals surface area contributed by atoms with Crippen molar-refractivity contribution in [2.75, 3.05) is 7.11 Å². The van der Waals surface area contributed by atoms with E-state index in [1.54, 1.807) is 30.5 Å². The van der Waals surface area contributed by atoms with Crippen LogP contribution in [-0.4, -0.2) is 34.8 Å². The van der Waals surface area contributed by atoms with Gasteiger partial charge in [0.05, 0.1) is 12.7 Å². The van der Waals surface area contributed by atoms with Gasteiger partial charge in [0, 0.05) is 23.4 Å². The Kier molecular flexibility index (Phi) is 4.68. The van der Waals surface area contributed by atoms with Crippen molar-refractivity contribution in [1.82, 2.24) is 4.57 Å². The van der Waals surface area contributed by atoms with Crippen LogP contribution in [0.1, 0.15) is 27.3 Å². The van der Waals surface area contributed by atoms with Gasteiger partial charge in [0.15, 0.2) is 0 Å². The number of nitrogens with zero attached hydrogens (tertiary/aromatic N) is 1. The minimum Gasteiger partial charge on any atom is -0.465 e. The molecule has 0 aliphatic heterocycles. The lowest BCUT2D eigenvalue weighted by Gasteiger charge is -2.10. The third kappa shape index (κ3) is 2.91. The molecule has 0 spiro atoms. The molecule has 0 radical (unpaired) electrons. The first-order chi connectivity index (χ1) is 10.4. The van der Waals surface area contributed by atoms with E-state index in [4.69, 9.17) is 4.74 Å². The zero-order valence-corrected chi connectivity index (χ0v) is 12.6. The van der Waals surface area contributed by atoms with Crippen molar-refractivity contribution in [2.45, 2.75) is 20.4 Å². The van der Waals surface area contributed by atoms with E-state index < -0.39 is 13.1 Å². The summed E-state index contributed by atoms with van der Waals surface area (Å²) in [7, 11) is -0.538. The molecule has 0 saturated carbocycles. The van der Waals surface area contributed by atoms with Crippen LogP contribution in [0.5, 0.6) is 0 Å². The zero-order chi connectivity index (χ0) is 16.4. The minimum absolute atomic E-state index is 0.131. The molecule has 1 aromatic carbocycles. The molecule has 1 heterocycles. The quantitative estimate of drug-likeness (QED) is 0.646. The number of halogens is 1. The van der Waals surface area contributed by atoms with Crippen LogP contribution in [0, 0.1) is 19.7 Å². The molecule has 7 heteroatoms. The number of aromatic nitrogens is 1. The summed E-state index contributed by atoms with van der Waals surface area (Å²) in [6, 6.07) is 5.99. The van der Waals surface area contributed by atoms with Gasteiger partial charge < -0.3 is 19.4 Å². The first kappa shape index (κ1) is 16.3. The molecule has 0 unspecified atom stereocenters. The summed E-state index contributed by atoms with van der Waals surface area (Å²) in [5.74, 6) is -0.951. The van der Waals surface area contributed by atoms with Gasteiger partial charge in [-0.05, 0) is 31.5 Å². The highest BCUT2D eigenvalue weighted by Gasteiger charge is 2.30. The first-order valence-electron chi connectivity index (χ1n) is 6.75. The maximum Gasteiger partial charge on any atom is 0.491 e. The van der Waals surface area contributed by atoms with Crippen LogP contribution in [0.15, 0.2) is 24.3 Å². The van der Waals surface area contributed by atoms with Crippen LogP contribution >= 0.6 is 0 Å². The molecule has 0 saturated heterocycles. The lowest BCUT2D eigenvalue weighted by atomic mass is 9.77. The van der Waals surface area contributed by atoms with Crippen LogP contribution in [0.25, 0.3) is 0 Å². The van der Waals surface area contributed by atoms with Crippen LogP contribution < -0.4 is 5.46 Å². The van der Waals surface area contributed by atoms with Gasteiger partial charge >= 0.3 is 13.1 Å². The standard InChI is InChI=1S/C15H17BFNO4/c1-9-13(15(19)22-3)14(16(20)21)10(2)18(9)8-11-4-6-12(17)7-5-11/h4-7,20-21H,8H2,1-3H3. The fourth-order valence-electron chi connectivity index (χ4n) is 2.59. The third-order valence-electron chi connectivity index (χ3n) is 3.73. The molecule has 116 valence electrons. The Hall–Kier alpha value is -2.12. The summed E-state index contributed by atoms with van der Waals surface area (Å²) < 4.78 is 19.5. The summed E-state index contributed by atoms with van der Waals surface area (Å²) in [5, 5.41) is 19.1. The second kappa shape index (κ2) is 6.33. The third-order valence-corrected chi connectivity index (χ3v) is 3.73. The Morgan fingerprint density at radius 1 is 1.23 bits per heavy atom. The van der Waals surface area contributed by atoms with E-state index in [0.29, 0.717) is 17.9 Å². The minimum atomic E-state index is -1.78. The van der Waals surface area contributed by atoms with Gasteiger partial charge in [-0.1, -0.05) is 12.1 Å². The van der Waals surface area contributed by atoms with Crippen LogP contribution in [0.3, 0.4) is 0 Å². The fourth-order valence-corrected chi connectivity index (χ4v) is 2.59. The van der Waals surface area contributed by atoms with Gasteiger partial charge in [0.1, 0.15) is 5.82 Å². The van der Waals surface area contributed by atoms with Crippen LogP contribution in [-0.2, 0) is 11.3 Å². The SMILES string of the molecule is COC(=O)c1c(B(O)O)c(C)n(Cc2ccc(F)cc2)c1C. The van der Waals surface area contributed by atoms with Crippen LogP contribution in [0.2, 0.25) is 0 Å². The Morgan fingerprint density at radius 2 is 1.82 bits per heavy atom. The molecule has 0 bridgehead atoms. The fraction of sp³-hybridized carbons (Fsp3) is 0.267. The summed E-state index contributed by atoms with van der Waals surface area (Å²) in [5.41, 5.74) is 2.23. The second-order valence-corrected chi connectivity index (χ2v) is 5.04. The van der Waals surface area contributed by atoms with E-state index in [1.807, 2.05) is 0 Å². The number of hydrogen-bond acceptors (Lipinski definition) is 4. The monoisotopic (exact) mass is 305 g/mol. The number of rotatable bonds is 4. The molecule has 0 fully saturated rings. The largest absolute Gasteiger partial charge is 0.491 e. The maximum absolute atomic E-state index is 13.0. The Bertz CT molecular complexity index is 695. The second-order valence-electron chi connectivity index (χ2n) is 5.04. The van der Waals surface area contributed by atoms with E-state index in [1.165, 1.54) is 19.2 Å². The van der Waals surface area contributed by atoms with E-state index >= 15 is 0 Å². The average molecular weight is 305 g/mol. The number of methoxy groups -OCH3 is 1. The van der Waals surface area contributed by atoms with Gasteiger partial charge in [-0.3, -0.25) is 0 Å². The van der Waals surface area contributed by atoms with Gasteiger partial charge in [-0.15, -0.1) is 0 Å². The predicted molar refractivity (Wildman–Crippen MR) is 80.6 cm³/mol. The number of carbonyl (C=O) groups is 1. The van der Waals surface area contributed by atoms with E-state index in [0.717, 1.165) is 5.56 Å². The predicted octanol–water partition coefficient (Wildman–Crippen LogP) is 0.759. The van der Waals surface area contributed by atoms with Crippen molar-refractivity contribution in [3.05, 3.63) is 52.6 Å².